The van der Waals surface area contributed by atoms with E-state index >= 15 is 0 Å². The van der Waals surface area contributed by atoms with E-state index < -0.39 is 0 Å². The van der Waals surface area contributed by atoms with Crippen LogP contribution in [0.1, 0.15) is 0 Å². The van der Waals surface area contributed by atoms with Gasteiger partial charge in [-0.15, -0.1) is 0 Å². The summed E-state index contributed by atoms with van der Waals surface area (Å²) in [4.78, 5) is 10.1. The Kier molecular flexibility index (Phi) is 5.47. The molecule has 9 rings (SSSR count). The van der Waals surface area contributed by atoms with Gasteiger partial charge in [0.05, 0.1) is 17.0 Å². The monoisotopic (exact) mass is 564 g/mol. The second-order valence-electron chi connectivity index (χ2n) is 11.0. The molecule has 0 spiro atoms. The summed E-state index contributed by atoms with van der Waals surface area (Å²) in [5.41, 5.74) is 10.1. The van der Waals surface area contributed by atoms with Gasteiger partial charge in [-0.3, -0.25) is 0 Å². The molecular formula is C40H24N2O2. The number of nitrogens with zero attached hydrogens (tertiary/aromatic N) is 2. The van der Waals surface area contributed by atoms with Crippen LogP contribution < -0.4 is 0 Å². The molecule has 0 saturated carbocycles. The average Bonchev–Trinajstić information content (AvgIpc) is 3.65. The first-order valence-electron chi connectivity index (χ1n) is 14.7. The minimum absolute atomic E-state index is 0.622. The van der Waals surface area contributed by atoms with Gasteiger partial charge in [0.15, 0.2) is 5.82 Å². The summed E-state index contributed by atoms with van der Waals surface area (Å²) in [7, 11) is 0. The summed E-state index contributed by atoms with van der Waals surface area (Å²) in [6.07, 6.45) is 0. The molecule has 0 unspecified atom stereocenters. The van der Waals surface area contributed by atoms with Crippen LogP contribution in [0.5, 0.6) is 0 Å². The highest BCUT2D eigenvalue weighted by molar-refractivity contribution is 6.17. The molecule has 0 radical (unpaired) electrons. The van der Waals surface area contributed by atoms with Crippen molar-refractivity contribution in [1.82, 2.24) is 9.97 Å². The quantitative estimate of drug-likeness (QED) is 0.213. The molecule has 3 heterocycles. The van der Waals surface area contributed by atoms with Gasteiger partial charge >= 0.3 is 0 Å². The second kappa shape index (κ2) is 9.79. The SMILES string of the molecule is c1ccc(-c2cc(-c3ccccc3)nc(-c3cccc4c3oc3cc5c(cc34)oc3c(-c4ccccc4)cccc35)n2)cc1. The maximum Gasteiger partial charge on any atom is 0.164 e. The molecule has 206 valence electrons. The maximum atomic E-state index is 6.65. The van der Waals surface area contributed by atoms with Crippen molar-refractivity contribution < 1.29 is 8.83 Å². The number of aromatic nitrogens is 2. The fourth-order valence-electron chi connectivity index (χ4n) is 6.19. The largest absolute Gasteiger partial charge is 0.455 e. The Bertz CT molecular complexity index is 2420. The summed E-state index contributed by atoms with van der Waals surface area (Å²) in [5, 5.41) is 4.09. The molecule has 0 aliphatic carbocycles. The number of hydrogen-bond donors (Lipinski definition) is 0. The lowest BCUT2D eigenvalue weighted by atomic mass is 10.0. The van der Waals surface area contributed by atoms with Gasteiger partial charge in [-0.05, 0) is 29.8 Å². The van der Waals surface area contributed by atoms with Gasteiger partial charge in [0.1, 0.15) is 22.3 Å². The third-order valence-electron chi connectivity index (χ3n) is 8.31. The second-order valence-corrected chi connectivity index (χ2v) is 11.0. The zero-order valence-corrected chi connectivity index (χ0v) is 23.6. The molecule has 9 aromatic rings. The molecule has 0 amide bonds. The molecule has 3 aromatic heterocycles. The van der Waals surface area contributed by atoms with E-state index in [-0.39, 0.29) is 0 Å². The Hall–Kier alpha value is -6.00. The van der Waals surface area contributed by atoms with Crippen molar-refractivity contribution in [2.45, 2.75) is 0 Å². The zero-order chi connectivity index (χ0) is 29.0. The Morgan fingerprint density at radius 1 is 0.364 bits per heavy atom. The molecule has 4 heteroatoms. The minimum Gasteiger partial charge on any atom is -0.455 e. The average molecular weight is 565 g/mol. The van der Waals surface area contributed by atoms with Crippen LogP contribution in [0.2, 0.25) is 0 Å². The summed E-state index contributed by atoms with van der Waals surface area (Å²) in [5.74, 6) is 0.622. The van der Waals surface area contributed by atoms with Crippen molar-refractivity contribution >= 4 is 43.9 Å². The van der Waals surface area contributed by atoms with Gasteiger partial charge < -0.3 is 8.83 Å². The molecular weight excluding hydrogens is 540 g/mol. The Balaban J connectivity index is 1.26. The predicted octanol–water partition coefficient (Wildman–Crippen LogP) is 10.9. The molecule has 0 saturated heterocycles. The smallest absolute Gasteiger partial charge is 0.164 e. The topological polar surface area (TPSA) is 52.1 Å². The van der Waals surface area contributed by atoms with E-state index in [1.165, 1.54) is 0 Å². The van der Waals surface area contributed by atoms with Crippen molar-refractivity contribution in [1.29, 1.82) is 0 Å². The third kappa shape index (κ3) is 3.92. The first-order valence-corrected chi connectivity index (χ1v) is 14.7. The molecule has 0 N–H and O–H groups in total. The fourth-order valence-corrected chi connectivity index (χ4v) is 6.19. The molecule has 0 fully saturated rings. The number of hydrogen-bond acceptors (Lipinski definition) is 4. The van der Waals surface area contributed by atoms with Gasteiger partial charge in [-0.25, -0.2) is 9.97 Å². The van der Waals surface area contributed by atoms with E-state index in [0.717, 1.165) is 83.1 Å². The predicted molar refractivity (Wildman–Crippen MR) is 178 cm³/mol. The highest BCUT2D eigenvalue weighted by Crippen LogP contribution is 2.41. The Labute approximate surface area is 252 Å². The summed E-state index contributed by atoms with van der Waals surface area (Å²) < 4.78 is 13.2. The van der Waals surface area contributed by atoms with Crippen LogP contribution >= 0.6 is 0 Å². The molecule has 44 heavy (non-hydrogen) atoms. The van der Waals surface area contributed by atoms with Crippen LogP contribution in [0, 0.1) is 0 Å². The van der Waals surface area contributed by atoms with Crippen molar-refractivity contribution in [2.75, 3.05) is 0 Å². The fraction of sp³-hybridized carbons (Fsp3) is 0. The lowest BCUT2D eigenvalue weighted by Crippen LogP contribution is -1.96. The van der Waals surface area contributed by atoms with E-state index in [9.17, 15) is 0 Å². The van der Waals surface area contributed by atoms with Crippen molar-refractivity contribution in [3.05, 3.63) is 146 Å². The van der Waals surface area contributed by atoms with Crippen LogP contribution in [0.3, 0.4) is 0 Å². The van der Waals surface area contributed by atoms with E-state index in [1.54, 1.807) is 0 Å². The first kappa shape index (κ1) is 24.6. The number of furan rings is 2. The zero-order valence-electron chi connectivity index (χ0n) is 23.6. The number of para-hydroxylation sites is 2. The van der Waals surface area contributed by atoms with Crippen molar-refractivity contribution in [2.24, 2.45) is 0 Å². The number of fused-ring (bicyclic) bond motifs is 6. The maximum absolute atomic E-state index is 6.65. The normalized spacial score (nSPS) is 11.6. The number of benzene rings is 6. The Morgan fingerprint density at radius 3 is 1.34 bits per heavy atom. The van der Waals surface area contributed by atoms with E-state index in [0.29, 0.717) is 5.82 Å². The summed E-state index contributed by atoms with van der Waals surface area (Å²) in [6.45, 7) is 0. The van der Waals surface area contributed by atoms with Gasteiger partial charge in [-0.1, -0.05) is 121 Å². The molecule has 0 bridgehead atoms. The van der Waals surface area contributed by atoms with Crippen LogP contribution in [-0.4, -0.2) is 9.97 Å². The van der Waals surface area contributed by atoms with Gasteiger partial charge in [-0.2, -0.15) is 0 Å². The molecule has 6 aromatic carbocycles. The molecule has 0 atom stereocenters. The van der Waals surface area contributed by atoms with Gasteiger partial charge in [0, 0.05) is 38.2 Å². The van der Waals surface area contributed by atoms with Crippen molar-refractivity contribution in [3.63, 3.8) is 0 Å². The van der Waals surface area contributed by atoms with E-state index in [1.807, 2.05) is 54.6 Å². The minimum atomic E-state index is 0.622. The molecule has 0 aliphatic heterocycles. The van der Waals surface area contributed by atoms with Crippen LogP contribution in [0.25, 0.3) is 88.9 Å². The highest BCUT2D eigenvalue weighted by atomic mass is 16.3. The lowest BCUT2D eigenvalue weighted by Gasteiger charge is -2.09. The van der Waals surface area contributed by atoms with Crippen LogP contribution in [0.4, 0.5) is 0 Å². The molecule has 0 aliphatic rings. The first-order chi connectivity index (χ1) is 21.8. The third-order valence-corrected chi connectivity index (χ3v) is 8.31. The van der Waals surface area contributed by atoms with Crippen LogP contribution in [0.15, 0.2) is 154 Å². The molecule has 4 nitrogen and oxygen atoms in total. The van der Waals surface area contributed by atoms with Gasteiger partial charge in [0.25, 0.3) is 0 Å². The van der Waals surface area contributed by atoms with Crippen molar-refractivity contribution in [3.8, 4) is 45.0 Å². The van der Waals surface area contributed by atoms with Gasteiger partial charge in [0.2, 0.25) is 0 Å². The van der Waals surface area contributed by atoms with Crippen LogP contribution in [-0.2, 0) is 0 Å². The standard InChI is InChI=1S/C40H24N2O2/c1-4-12-25(13-5-1)28-18-10-19-29-32-22-37-33(23-36(32)43-38(28)29)30-20-11-21-31(39(30)44-37)40-41-34(26-14-6-2-7-15-26)24-35(42-40)27-16-8-3-9-17-27/h1-24H. The highest BCUT2D eigenvalue weighted by Gasteiger charge is 2.19. The summed E-state index contributed by atoms with van der Waals surface area (Å²) in [6, 6.07) is 49.5. The van der Waals surface area contributed by atoms with E-state index in [2.05, 4.69) is 91.0 Å². The Morgan fingerprint density at radius 2 is 0.818 bits per heavy atom. The summed E-state index contributed by atoms with van der Waals surface area (Å²) >= 11 is 0. The number of rotatable bonds is 4. The lowest BCUT2D eigenvalue weighted by molar-refractivity contribution is 0.665. The van der Waals surface area contributed by atoms with E-state index in [4.69, 9.17) is 18.8 Å².